The molecule has 3 heteroatoms. The minimum Gasteiger partial charge on any atom is -0.267 e. The van der Waals surface area contributed by atoms with Crippen LogP contribution in [0.2, 0.25) is 0 Å². The molecule has 1 heterocycles. The van der Waals surface area contributed by atoms with Crippen LogP contribution in [0.3, 0.4) is 0 Å². The predicted molar refractivity (Wildman–Crippen MR) is 44.6 cm³/mol. The summed E-state index contributed by atoms with van der Waals surface area (Å²) in [5, 5.41) is 0. The summed E-state index contributed by atoms with van der Waals surface area (Å²) in [7, 11) is 0. The van der Waals surface area contributed by atoms with Gasteiger partial charge in [0.05, 0.1) is 17.1 Å². The van der Waals surface area contributed by atoms with E-state index >= 15 is 0 Å². The van der Waals surface area contributed by atoms with E-state index in [9.17, 15) is 4.79 Å². The number of aromatic nitrogens is 2. The number of hydrogen-bond acceptors (Lipinski definition) is 3. The van der Waals surface area contributed by atoms with E-state index < -0.39 is 0 Å². The Balaban J connectivity index is 2.98. The second-order valence-electron chi connectivity index (χ2n) is 2.31. The van der Waals surface area contributed by atoms with Gasteiger partial charge in [-0.15, -0.1) is 0 Å². The molecule has 0 aliphatic rings. The molecule has 0 atom stereocenters. The molecule has 0 saturated carbocycles. The quantitative estimate of drug-likeness (QED) is 0.567. The van der Waals surface area contributed by atoms with Crippen LogP contribution in [0, 0.1) is 6.07 Å². The van der Waals surface area contributed by atoms with Crippen molar-refractivity contribution in [1.29, 1.82) is 0 Å². The van der Waals surface area contributed by atoms with Crippen LogP contribution in [0.15, 0.2) is 35.3 Å². The van der Waals surface area contributed by atoms with Crippen LogP contribution in [-0.4, -0.2) is 9.97 Å². The first-order valence-corrected chi connectivity index (χ1v) is 3.50. The number of fused-ring (bicyclic) bond motifs is 1. The zero-order valence-electron chi connectivity index (χ0n) is 6.19. The molecule has 0 amide bonds. The lowest BCUT2D eigenvalue weighted by Crippen LogP contribution is -1.98. The van der Waals surface area contributed by atoms with Gasteiger partial charge in [0.2, 0.25) is 0 Å². The first kappa shape index (κ1) is 6.91. The molecule has 0 fully saturated rings. The number of hydrogen-bond donors (Lipinski definition) is 0. The predicted octanol–water partition coefficient (Wildman–Crippen LogP) is 0.790. The van der Waals surface area contributed by atoms with Crippen molar-refractivity contribution in [3.63, 3.8) is 0 Å². The largest absolute Gasteiger partial charge is 0.280 e. The van der Waals surface area contributed by atoms with Crippen molar-refractivity contribution in [3.8, 4) is 0 Å². The fourth-order valence-electron chi connectivity index (χ4n) is 0.967. The Labute approximate surface area is 68.7 Å². The molecule has 1 aromatic carbocycles. The monoisotopic (exact) mass is 157 g/mol. The fraction of sp³-hybridized carbons (Fsp3) is 0. The maximum atomic E-state index is 10.9. The van der Waals surface area contributed by atoms with E-state index in [1.165, 1.54) is 6.20 Å². The van der Waals surface area contributed by atoms with E-state index in [0.29, 0.717) is 11.0 Å². The lowest BCUT2D eigenvalue weighted by atomic mass is 10.3. The maximum Gasteiger partial charge on any atom is 0.280 e. The second-order valence-corrected chi connectivity index (χ2v) is 2.31. The molecule has 1 radical (unpaired) electrons. The Kier molecular flexibility index (Phi) is 1.55. The van der Waals surface area contributed by atoms with Crippen LogP contribution in [-0.2, 0) is 0 Å². The zero-order valence-corrected chi connectivity index (χ0v) is 6.19. The molecule has 0 bridgehead atoms. The van der Waals surface area contributed by atoms with E-state index in [1.54, 1.807) is 12.1 Å². The fourth-order valence-corrected chi connectivity index (χ4v) is 0.967. The summed E-state index contributed by atoms with van der Waals surface area (Å²) < 4.78 is 0. The van der Waals surface area contributed by atoms with Gasteiger partial charge >= 0.3 is 0 Å². The first-order chi connectivity index (χ1) is 5.86. The van der Waals surface area contributed by atoms with E-state index in [4.69, 9.17) is 0 Å². The molecule has 3 nitrogen and oxygen atoms in total. The molecular formula is C9H5N2O. The van der Waals surface area contributed by atoms with Gasteiger partial charge in [-0.25, -0.2) is 4.98 Å². The van der Waals surface area contributed by atoms with Gasteiger partial charge in [-0.1, -0.05) is 12.1 Å². The Hall–Kier alpha value is -1.77. The molecule has 0 unspecified atom stereocenters. The van der Waals surface area contributed by atoms with Gasteiger partial charge in [-0.3, -0.25) is 9.78 Å². The van der Waals surface area contributed by atoms with Crippen LogP contribution in [0.4, 0.5) is 0 Å². The third kappa shape index (κ3) is 1.16. The number of benzene rings is 1. The van der Waals surface area contributed by atoms with Crippen molar-refractivity contribution < 1.29 is 0 Å². The lowest BCUT2D eigenvalue weighted by molar-refractivity contribution is 1.32. The number of rotatable bonds is 0. The molecule has 0 aliphatic heterocycles. The topological polar surface area (TPSA) is 42.9 Å². The number of para-hydroxylation sites is 2. The summed E-state index contributed by atoms with van der Waals surface area (Å²) in [4.78, 5) is 18.6. The standard InChI is InChI=1S/C9H5N2O/c12-9-5-6-10-7-3-1-2-4-8(7)11-9/h1-4,6H. The summed E-state index contributed by atoms with van der Waals surface area (Å²) in [5.74, 6) is 0. The van der Waals surface area contributed by atoms with Gasteiger partial charge in [0.25, 0.3) is 5.56 Å². The van der Waals surface area contributed by atoms with Crippen molar-refractivity contribution in [2.45, 2.75) is 0 Å². The molecule has 0 saturated heterocycles. The molecule has 0 aliphatic carbocycles. The minimum absolute atomic E-state index is 0.385. The maximum absolute atomic E-state index is 10.9. The van der Waals surface area contributed by atoms with Crippen molar-refractivity contribution in [2.75, 3.05) is 0 Å². The van der Waals surface area contributed by atoms with Crippen molar-refractivity contribution in [2.24, 2.45) is 0 Å². The van der Waals surface area contributed by atoms with E-state index in [2.05, 4.69) is 16.0 Å². The lowest BCUT2D eigenvalue weighted by Gasteiger charge is -1.85. The summed E-state index contributed by atoms with van der Waals surface area (Å²) in [5.41, 5.74) is 0.920. The smallest absolute Gasteiger partial charge is 0.267 e. The van der Waals surface area contributed by atoms with Crippen molar-refractivity contribution in [3.05, 3.63) is 46.9 Å². The minimum atomic E-state index is -0.385. The Morgan fingerprint density at radius 1 is 1.17 bits per heavy atom. The summed E-state index contributed by atoms with van der Waals surface area (Å²) in [6.45, 7) is 0. The average molecular weight is 157 g/mol. The Morgan fingerprint density at radius 2 is 1.92 bits per heavy atom. The molecule has 0 N–H and O–H groups in total. The third-order valence-corrected chi connectivity index (χ3v) is 1.50. The normalized spacial score (nSPS) is 10.0. The Bertz CT molecular complexity index is 468. The summed E-state index contributed by atoms with van der Waals surface area (Å²) in [6.07, 6.45) is 1.34. The van der Waals surface area contributed by atoms with Crippen LogP contribution in [0.25, 0.3) is 11.0 Å². The van der Waals surface area contributed by atoms with Crippen LogP contribution in [0.1, 0.15) is 0 Å². The van der Waals surface area contributed by atoms with Gasteiger partial charge in [-0.05, 0) is 12.1 Å². The average Bonchev–Trinajstić information content (AvgIpc) is 2.25. The molecular weight excluding hydrogens is 152 g/mol. The van der Waals surface area contributed by atoms with Gasteiger partial charge < -0.3 is 0 Å². The van der Waals surface area contributed by atoms with Crippen molar-refractivity contribution >= 4 is 11.0 Å². The molecule has 57 valence electrons. The highest BCUT2D eigenvalue weighted by Gasteiger charge is 1.91. The van der Waals surface area contributed by atoms with Gasteiger partial charge in [0.15, 0.2) is 0 Å². The highest BCUT2D eigenvalue weighted by molar-refractivity contribution is 5.72. The van der Waals surface area contributed by atoms with Crippen LogP contribution in [0.5, 0.6) is 0 Å². The number of nitrogens with zero attached hydrogens (tertiary/aromatic N) is 2. The third-order valence-electron chi connectivity index (χ3n) is 1.50. The highest BCUT2D eigenvalue weighted by atomic mass is 16.1. The molecule has 1 aromatic heterocycles. The van der Waals surface area contributed by atoms with Gasteiger partial charge in [-0.2, -0.15) is 0 Å². The van der Waals surface area contributed by atoms with E-state index in [0.717, 1.165) is 0 Å². The highest BCUT2D eigenvalue weighted by Crippen LogP contribution is 2.02. The summed E-state index contributed by atoms with van der Waals surface area (Å²) in [6, 6.07) is 9.61. The second kappa shape index (κ2) is 2.70. The summed E-state index contributed by atoms with van der Waals surface area (Å²) >= 11 is 0. The first-order valence-electron chi connectivity index (χ1n) is 3.50. The molecule has 2 rings (SSSR count). The van der Waals surface area contributed by atoms with Crippen molar-refractivity contribution in [1.82, 2.24) is 9.97 Å². The zero-order chi connectivity index (χ0) is 8.39. The van der Waals surface area contributed by atoms with E-state index in [-0.39, 0.29) is 5.56 Å². The molecule has 12 heavy (non-hydrogen) atoms. The SMILES string of the molecule is O=c1[c]cnc2ccccc2n1. The van der Waals surface area contributed by atoms with E-state index in [1.807, 2.05) is 12.1 Å². The van der Waals surface area contributed by atoms with Crippen LogP contribution >= 0.6 is 0 Å². The van der Waals surface area contributed by atoms with Crippen LogP contribution < -0.4 is 5.56 Å². The molecule has 2 aromatic rings. The van der Waals surface area contributed by atoms with Gasteiger partial charge in [0.1, 0.15) is 0 Å². The Morgan fingerprint density at radius 3 is 2.75 bits per heavy atom. The van der Waals surface area contributed by atoms with Gasteiger partial charge in [0, 0.05) is 6.20 Å². The molecule has 0 spiro atoms.